The Morgan fingerprint density at radius 1 is 0.963 bits per heavy atom. The van der Waals surface area contributed by atoms with Crippen molar-refractivity contribution >= 4 is 11.9 Å². The highest BCUT2D eigenvalue weighted by Gasteiger charge is 2.29. The molecular weight excluding hydrogens is 359 g/mol. The molecule has 3 rings (SSSR count). The third-order valence-corrected chi connectivity index (χ3v) is 4.57. The standard InChI is InChI=1S/C20H18F3NO3/c21-15-3-1-13(2-4-15)12-27-20(26)14-7-9-24(10-8-14)19(25)17-6-5-16(22)11-18(17)23/h1-6,11,14H,7-10,12H2. The van der Waals surface area contributed by atoms with Crippen LogP contribution in [0.4, 0.5) is 13.2 Å². The third-order valence-electron chi connectivity index (χ3n) is 4.57. The monoisotopic (exact) mass is 377 g/mol. The van der Waals surface area contributed by atoms with E-state index in [1.165, 1.54) is 17.0 Å². The molecule has 1 amide bonds. The number of amides is 1. The molecule has 1 heterocycles. The van der Waals surface area contributed by atoms with Gasteiger partial charge in [0, 0.05) is 19.2 Å². The molecule has 1 saturated heterocycles. The zero-order valence-electron chi connectivity index (χ0n) is 14.5. The summed E-state index contributed by atoms with van der Waals surface area (Å²) >= 11 is 0. The van der Waals surface area contributed by atoms with Gasteiger partial charge in [0.05, 0.1) is 11.5 Å². The number of rotatable bonds is 4. The van der Waals surface area contributed by atoms with E-state index in [1.54, 1.807) is 12.1 Å². The number of hydrogen-bond acceptors (Lipinski definition) is 3. The first-order valence-electron chi connectivity index (χ1n) is 8.59. The first kappa shape index (κ1) is 18.9. The Morgan fingerprint density at radius 3 is 2.22 bits per heavy atom. The van der Waals surface area contributed by atoms with E-state index in [4.69, 9.17) is 4.74 Å². The highest BCUT2D eigenvalue weighted by molar-refractivity contribution is 5.94. The zero-order chi connectivity index (χ0) is 19.4. The minimum atomic E-state index is -0.902. The predicted molar refractivity (Wildman–Crippen MR) is 91.2 cm³/mol. The van der Waals surface area contributed by atoms with Crippen LogP contribution in [0.1, 0.15) is 28.8 Å². The molecule has 7 heteroatoms. The van der Waals surface area contributed by atoms with E-state index >= 15 is 0 Å². The first-order chi connectivity index (χ1) is 12.9. The SMILES string of the molecule is O=C(OCc1ccc(F)cc1)C1CCN(C(=O)c2ccc(F)cc2F)CC1. The molecule has 2 aromatic rings. The maximum Gasteiger partial charge on any atom is 0.309 e. The second kappa shape index (κ2) is 8.24. The van der Waals surface area contributed by atoms with Crippen molar-refractivity contribution in [2.24, 2.45) is 5.92 Å². The van der Waals surface area contributed by atoms with Gasteiger partial charge in [-0.2, -0.15) is 0 Å². The summed E-state index contributed by atoms with van der Waals surface area (Å²) in [4.78, 5) is 26.0. The molecule has 4 nitrogen and oxygen atoms in total. The van der Waals surface area contributed by atoms with Crippen molar-refractivity contribution in [3.8, 4) is 0 Å². The Morgan fingerprint density at radius 2 is 1.59 bits per heavy atom. The molecule has 1 aliphatic heterocycles. The Balaban J connectivity index is 1.51. The minimum absolute atomic E-state index is 0.0546. The van der Waals surface area contributed by atoms with Crippen LogP contribution in [0.25, 0.3) is 0 Å². The fraction of sp³-hybridized carbons (Fsp3) is 0.300. The Bertz CT molecular complexity index is 831. The van der Waals surface area contributed by atoms with Crippen LogP contribution in [-0.2, 0) is 16.1 Å². The van der Waals surface area contributed by atoms with Gasteiger partial charge in [0.25, 0.3) is 5.91 Å². The fourth-order valence-electron chi connectivity index (χ4n) is 3.00. The van der Waals surface area contributed by atoms with E-state index in [-0.39, 0.29) is 43.0 Å². The van der Waals surface area contributed by atoms with Crippen LogP contribution in [0.5, 0.6) is 0 Å². The van der Waals surface area contributed by atoms with Crippen LogP contribution in [0.2, 0.25) is 0 Å². The number of piperidine rings is 1. The van der Waals surface area contributed by atoms with Gasteiger partial charge in [0.1, 0.15) is 24.1 Å². The summed E-state index contributed by atoms with van der Waals surface area (Å²) < 4.78 is 44.9. The molecule has 1 fully saturated rings. The van der Waals surface area contributed by atoms with E-state index < -0.39 is 17.5 Å². The van der Waals surface area contributed by atoms with Gasteiger partial charge in [-0.15, -0.1) is 0 Å². The predicted octanol–water partition coefficient (Wildman–Crippen LogP) is 3.70. The lowest BCUT2D eigenvalue weighted by atomic mass is 9.96. The van der Waals surface area contributed by atoms with Crippen molar-refractivity contribution in [2.75, 3.05) is 13.1 Å². The number of likely N-dealkylation sites (tertiary alicyclic amines) is 1. The van der Waals surface area contributed by atoms with Gasteiger partial charge >= 0.3 is 5.97 Å². The lowest BCUT2D eigenvalue weighted by Gasteiger charge is -2.31. The minimum Gasteiger partial charge on any atom is -0.461 e. The van der Waals surface area contributed by atoms with E-state index in [2.05, 4.69) is 0 Å². The van der Waals surface area contributed by atoms with Crippen molar-refractivity contribution in [2.45, 2.75) is 19.4 Å². The van der Waals surface area contributed by atoms with Gasteiger partial charge in [0.15, 0.2) is 0 Å². The van der Waals surface area contributed by atoms with Crippen molar-refractivity contribution in [3.63, 3.8) is 0 Å². The molecule has 0 aromatic heterocycles. The van der Waals surface area contributed by atoms with Crippen molar-refractivity contribution in [3.05, 3.63) is 71.0 Å². The summed E-state index contributed by atoms with van der Waals surface area (Å²) in [7, 11) is 0. The van der Waals surface area contributed by atoms with E-state index in [1.807, 2.05) is 0 Å². The molecule has 0 aliphatic carbocycles. The molecule has 1 aliphatic rings. The van der Waals surface area contributed by atoms with Gasteiger partial charge in [-0.25, -0.2) is 13.2 Å². The van der Waals surface area contributed by atoms with Gasteiger partial charge in [-0.3, -0.25) is 9.59 Å². The topological polar surface area (TPSA) is 46.6 Å². The van der Waals surface area contributed by atoms with Crippen LogP contribution in [0, 0.1) is 23.4 Å². The molecule has 142 valence electrons. The molecule has 0 unspecified atom stereocenters. The van der Waals surface area contributed by atoms with Crippen molar-refractivity contribution in [1.29, 1.82) is 0 Å². The highest BCUT2D eigenvalue weighted by atomic mass is 19.1. The highest BCUT2D eigenvalue weighted by Crippen LogP contribution is 2.22. The second-order valence-corrected chi connectivity index (χ2v) is 6.42. The number of nitrogens with zero attached hydrogens (tertiary/aromatic N) is 1. The molecule has 0 bridgehead atoms. The van der Waals surface area contributed by atoms with Gasteiger partial charge in [0.2, 0.25) is 0 Å². The quantitative estimate of drug-likeness (QED) is 0.764. The zero-order valence-corrected chi connectivity index (χ0v) is 14.5. The average molecular weight is 377 g/mol. The molecule has 0 atom stereocenters. The van der Waals surface area contributed by atoms with Crippen LogP contribution in [0.3, 0.4) is 0 Å². The van der Waals surface area contributed by atoms with E-state index in [0.717, 1.165) is 12.1 Å². The molecule has 0 N–H and O–H groups in total. The summed E-state index contributed by atoms with van der Waals surface area (Å²) in [5, 5.41) is 0. The van der Waals surface area contributed by atoms with E-state index in [9.17, 15) is 22.8 Å². The largest absolute Gasteiger partial charge is 0.461 e. The van der Waals surface area contributed by atoms with Gasteiger partial charge in [-0.1, -0.05) is 12.1 Å². The van der Waals surface area contributed by atoms with Crippen molar-refractivity contribution in [1.82, 2.24) is 4.90 Å². The summed E-state index contributed by atoms with van der Waals surface area (Å²) in [5.74, 6) is -3.26. The number of ether oxygens (including phenoxy) is 1. The third kappa shape index (κ3) is 4.67. The normalized spacial score (nSPS) is 14.9. The number of halogens is 3. The second-order valence-electron chi connectivity index (χ2n) is 6.42. The molecule has 2 aromatic carbocycles. The maximum absolute atomic E-state index is 13.8. The molecular formula is C20H18F3NO3. The summed E-state index contributed by atoms with van der Waals surface area (Å²) in [6.07, 6.45) is 0.799. The first-order valence-corrected chi connectivity index (χ1v) is 8.59. The van der Waals surface area contributed by atoms with Crippen LogP contribution >= 0.6 is 0 Å². The average Bonchev–Trinajstić information content (AvgIpc) is 2.67. The van der Waals surface area contributed by atoms with Crippen molar-refractivity contribution < 1.29 is 27.5 Å². The number of hydrogen-bond donors (Lipinski definition) is 0. The lowest BCUT2D eigenvalue weighted by molar-refractivity contribution is -0.151. The number of esters is 1. The van der Waals surface area contributed by atoms with E-state index in [0.29, 0.717) is 24.5 Å². The van der Waals surface area contributed by atoms with Crippen LogP contribution < -0.4 is 0 Å². The van der Waals surface area contributed by atoms with Crippen LogP contribution in [-0.4, -0.2) is 29.9 Å². The molecule has 0 radical (unpaired) electrons. The molecule has 0 saturated carbocycles. The Kier molecular flexibility index (Phi) is 5.78. The molecule has 0 spiro atoms. The van der Waals surface area contributed by atoms with Crippen LogP contribution in [0.15, 0.2) is 42.5 Å². The van der Waals surface area contributed by atoms with Gasteiger partial charge in [-0.05, 0) is 42.7 Å². The van der Waals surface area contributed by atoms with Gasteiger partial charge < -0.3 is 9.64 Å². The molecule has 27 heavy (non-hydrogen) atoms. The maximum atomic E-state index is 13.8. The number of carbonyl (C=O) groups excluding carboxylic acids is 2. The smallest absolute Gasteiger partial charge is 0.309 e. The number of benzene rings is 2. The Hall–Kier alpha value is -2.83. The lowest BCUT2D eigenvalue weighted by Crippen LogP contribution is -2.41. The summed E-state index contributed by atoms with van der Waals surface area (Å²) in [6.45, 7) is 0.622. The number of carbonyl (C=O) groups is 2. The summed E-state index contributed by atoms with van der Waals surface area (Å²) in [6, 6.07) is 8.50. The Labute approximate surface area is 154 Å². The fourth-order valence-corrected chi connectivity index (χ4v) is 3.00. The summed E-state index contributed by atoms with van der Waals surface area (Å²) in [5.41, 5.74) is 0.498.